The topological polar surface area (TPSA) is 73.1 Å². The van der Waals surface area contributed by atoms with Gasteiger partial charge < -0.3 is 4.90 Å². The van der Waals surface area contributed by atoms with Crippen molar-refractivity contribution in [2.75, 3.05) is 26.2 Å². The Hall–Kier alpha value is -2.49. The minimum Gasteiger partial charge on any atom is -0.337 e. The molecule has 0 saturated carbocycles. The maximum atomic E-state index is 12.5. The van der Waals surface area contributed by atoms with Crippen molar-refractivity contribution in [3.8, 4) is 6.07 Å². The van der Waals surface area contributed by atoms with Gasteiger partial charge in [0, 0.05) is 45.1 Å². The lowest BCUT2D eigenvalue weighted by Crippen LogP contribution is -2.35. The van der Waals surface area contributed by atoms with Crippen LogP contribution >= 0.6 is 12.4 Å². The molecule has 1 fully saturated rings. The fourth-order valence-electron chi connectivity index (χ4n) is 2.93. The maximum absolute atomic E-state index is 12.5. The number of rotatable bonds is 3. The summed E-state index contributed by atoms with van der Waals surface area (Å²) in [5, 5.41) is 9.21. The Kier molecular flexibility index (Phi) is 6.87. The first-order valence-electron chi connectivity index (χ1n) is 8.02. The molecule has 1 amide bonds. The SMILES string of the molecule is Cl.N#Cc1ccccc1CN1CCCN(C(=O)c2cncnc2)CC1. The monoisotopic (exact) mass is 357 g/mol. The van der Waals surface area contributed by atoms with Crippen molar-refractivity contribution < 1.29 is 4.79 Å². The van der Waals surface area contributed by atoms with Gasteiger partial charge in [-0.05, 0) is 18.1 Å². The molecular formula is C18H20ClN5O. The first kappa shape index (κ1) is 18.8. The van der Waals surface area contributed by atoms with E-state index in [0.717, 1.165) is 43.7 Å². The van der Waals surface area contributed by atoms with Crippen molar-refractivity contribution in [3.63, 3.8) is 0 Å². The van der Waals surface area contributed by atoms with Crippen molar-refractivity contribution in [2.24, 2.45) is 0 Å². The van der Waals surface area contributed by atoms with E-state index in [4.69, 9.17) is 0 Å². The number of nitrogens with zero attached hydrogens (tertiary/aromatic N) is 5. The molecule has 0 unspecified atom stereocenters. The summed E-state index contributed by atoms with van der Waals surface area (Å²) in [6.07, 6.45) is 5.45. The van der Waals surface area contributed by atoms with E-state index in [1.165, 1.54) is 6.33 Å². The van der Waals surface area contributed by atoms with Crippen LogP contribution in [-0.4, -0.2) is 51.9 Å². The van der Waals surface area contributed by atoms with E-state index in [9.17, 15) is 10.1 Å². The predicted octanol–water partition coefficient (Wildman–Crippen LogP) is 2.12. The normalized spacial score (nSPS) is 14.9. The summed E-state index contributed by atoms with van der Waals surface area (Å²) in [6, 6.07) is 9.92. The Bertz CT molecular complexity index is 747. The second-order valence-corrected chi connectivity index (χ2v) is 5.82. The van der Waals surface area contributed by atoms with Crippen LogP contribution in [0.5, 0.6) is 0 Å². The first-order valence-corrected chi connectivity index (χ1v) is 8.02. The molecule has 0 spiro atoms. The van der Waals surface area contributed by atoms with Crippen molar-refractivity contribution >= 4 is 18.3 Å². The predicted molar refractivity (Wildman–Crippen MR) is 96.2 cm³/mol. The molecule has 0 aliphatic carbocycles. The number of hydrogen-bond acceptors (Lipinski definition) is 5. The van der Waals surface area contributed by atoms with Gasteiger partial charge in [0.25, 0.3) is 5.91 Å². The second-order valence-electron chi connectivity index (χ2n) is 5.82. The summed E-state index contributed by atoms with van der Waals surface area (Å²) < 4.78 is 0. The lowest BCUT2D eigenvalue weighted by molar-refractivity contribution is 0.0760. The fraction of sp³-hybridized carbons (Fsp3) is 0.333. The average molecular weight is 358 g/mol. The van der Waals surface area contributed by atoms with E-state index >= 15 is 0 Å². The number of carbonyl (C=O) groups excluding carboxylic acids is 1. The lowest BCUT2D eigenvalue weighted by atomic mass is 10.1. The van der Waals surface area contributed by atoms with Crippen LogP contribution in [0.25, 0.3) is 0 Å². The summed E-state index contributed by atoms with van der Waals surface area (Å²) in [5.41, 5.74) is 2.29. The van der Waals surface area contributed by atoms with Crippen molar-refractivity contribution in [1.82, 2.24) is 19.8 Å². The summed E-state index contributed by atoms with van der Waals surface area (Å²) in [6.45, 7) is 3.83. The van der Waals surface area contributed by atoms with Gasteiger partial charge in [0.15, 0.2) is 0 Å². The molecule has 0 atom stereocenters. The van der Waals surface area contributed by atoms with Gasteiger partial charge in [-0.2, -0.15) is 5.26 Å². The molecule has 0 radical (unpaired) electrons. The van der Waals surface area contributed by atoms with E-state index < -0.39 is 0 Å². The zero-order chi connectivity index (χ0) is 16.8. The number of halogens is 1. The van der Waals surface area contributed by atoms with Gasteiger partial charge in [-0.1, -0.05) is 18.2 Å². The second kappa shape index (κ2) is 9.11. The van der Waals surface area contributed by atoms with E-state index in [-0.39, 0.29) is 18.3 Å². The summed E-state index contributed by atoms with van der Waals surface area (Å²) in [4.78, 5) is 24.5. The van der Waals surface area contributed by atoms with E-state index in [2.05, 4.69) is 20.9 Å². The van der Waals surface area contributed by atoms with E-state index in [1.807, 2.05) is 29.2 Å². The largest absolute Gasteiger partial charge is 0.337 e. The number of nitriles is 1. The van der Waals surface area contributed by atoms with Gasteiger partial charge >= 0.3 is 0 Å². The molecule has 1 aliphatic rings. The van der Waals surface area contributed by atoms with Crippen LogP contribution in [0.4, 0.5) is 0 Å². The van der Waals surface area contributed by atoms with Crippen LogP contribution in [0.15, 0.2) is 43.0 Å². The van der Waals surface area contributed by atoms with Gasteiger partial charge in [-0.3, -0.25) is 9.69 Å². The minimum atomic E-state index is -0.0186. The molecule has 6 nitrogen and oxygen atoms in total. The molecule has 2 aromatic rings. The highest BCUT2D eigenvalue weighted by atomic mass is 35.5. The smallest absolute Gasteiger partial charge is 0.257 e. The van der Waals surface area contributed by atoms with Crippen LogP contribution in [0.2, 0.25) is 0 Å². The van der Waals surface area contributed by atoms with E-state index in [1.54, 1.807) is 12.4 Å². The molecular weight excluding hydrogens is 338 g/mol. The summed E-state index contributed by atoms with van der Waals surface area (Å²) in [5.74, 6) is -0.0186. The summed E-state index contributed by atoms with van der Waals surface area (Å²) >= 11 is 0. The molecule has 3 rings (SSSR count). The van der Waals surface area contributed by atoms with Crippen molar-refractivity contribution in [2.45, 2.75) is 13.0 Å². The molecule has 0 bridgehead atoms. The Labute approximate surface area is 153 Å². The van der Waals surface area contributed by atoms with Crippen LogP contribution in [-0.2, 0) is 6.54 Å². The highest BCUT2D eigenvalue weighted by Gasteiger charge is 2.21. The molecule has 25 heavy (non-hydrogen) atoms. The van der Waals surface area contributed by atoms with Gasteiger partial charge in [0.1, 0.15) is 6.33 Å². The number of aromatic nitrogens is 2. The third kappa shape index (κ3) is 4.75. The fourth-order valence-corrected chi connectivity index (χ4v) is 2.93. The lowest BCUT2D eigenvalue weighted by Gasteiger charge is -2.22. The standard InChI is InChI=1S/C18H19N5O.ClH/c19-10-15-4-1-2-5-16(15)13-22-6-3-7-23(9-8-22)18(24)17-11-20-14-21-12-17;/h1-2,4-5,11-12,14H,3,6-9,13H2;1H. The molecule has 1 aliphatic heterocycles. The van der Waals surface area contributed by atoms with Gasteiger partial charge in [-0.15, -0.1) is 12.4 Å². The van der Waals surface area contributed by atoms with Crippen LogP contribution < -0.4 is 0 Å². The van der Waals surface area contributed by atoms with Gasteiger partial charge in [-0.25, -0.2) is 9.97 Å². The first-order chi connectivity index (χ1) is 11.8. The Balaban J connectivity index is 0.00000225. The number of carbonyl (C=O) groups is 1. The van der Waals surface area contributed by atoms with Crippen LogP contribution in [0, 0.1) is 11.3 Å². The minimum absolute atomic E-state index is 0. The molecule has 130 valence electrons. The quantitative estimate of drug-likeness (QED) is 0.841. The Morgan fingerprint density at radius 1 is 1.12 bits per heavy atom. The van der Waals surface area contributed by atoms with Crippen LogP contribution in [0.3, 0.4) is 0 Å². The number of benzene rings is 1. The molecule has 1 aromatic carbocycles. The number of hydrogen-bond donors (Lipinski definition) is 0. The highest BCUT2D eigenvalue weighted by Crippen LogP contribution is 2.14. The van der Waals surface area contributed by atoms with E-state index in [0.29, 0.717) is 12.1 Å². The molecule has 0 N–H and O–H groups in total. The third-order valence-electron chi connectivity index (χ3n) is 4.22. The molecule has 7 heteroatoms. The maximum Gasteiger partial charge on any atom is 0.257 e. The third-order valence-corrected chi connectivity index (χ3v) is 4.22. The highest BCUT2D eigenvalue weighted by molar-refractivity contribution is 5.93. The van der Waals surface area contributed by atoms with Gasteiger partial charge in [0.2, 0.25) is 0 Å². The Morgan fingerprint density at radius 2 is 1.88 bits per heavy atom. The average Bonchev–Trinajstić information content (AvgIpc) is 2.88. The van der Waals surface area contributed by atoms with Crippen molar-refractivity contribution in [3.05, 3.63) is 59.7 Å². The zero-order valence-electron chi connectivity index (χ0n) is 13.8. The van der Waals surface area contributed by atoms with Crippen LogP contribution in [0.1, 0.15) is 27.9 Å². The molecule has 1 aromatic heterocycles. The molecule has 2 heterocycles. The summed E-state index contributed by atoms with van der Waals surface area (Å²) in [7, 11) is 0. The van der Waals surface area contributed by atoms with Crippen molar-refractivity contribution in [1.29, 1.82) is 5.26 Å². The number of amides is 1. The zero-order valence-corrected chi connectivity index (χ0v) is 14.7. The van der Waals surface area contributed by atoms with Gasteiger partial charge in [0.05, 0.1) is 17.2 Å². The molecule has 1 saturated heterocycles. The Morgan fingerprint density at radius 3 is 2.64 bits per heavy atom.